The van der Waals surface area contributed by atoms with Gasteiger partial charge in [0, 0.05) is 6.61 Å². The number of aliphatic hydroxyl groups excluding tert-OH is 1. The van der Waals surface area contributed by atoms with Crippen LogP contribution in [0.25, 0.3) is 0 Å². The maximum atomic E-state index is 8.65. The maximum Gasteiger partial charge on any atom is 0.0436 e. The van der Waals surface area contributed by atoms with E-state index in [1.165, 1.54) is 5.57 Å². The normalized spacial score (nSPS) is 19.2. The molecule has 1 nitrogen and oxygen atoms in total. The zero-order valence-electron chi connectivity index (χ0n) is 6.38. The van der Waals surface area contributed by atoms with Crippen LogP contribution in [0.2, 0.25) is 0 Å². The van der Waals surface area contributed by atoms with Crippen molar-refractivity contribution in [3.05, 3.63) is 23.8 Å². The third-order valence-corrected chi connectivity index (χ3v) is 2.00. The molecule has 0 bridgehead atoms. The molecule has 0 saturated carbocycles. The van der Waals surface area contributed by atoms with Crippen molar-refractivity contribution in [1.29, 1.82) is 0 Å². The third-order valence-electron chi connectivity index (χ3n) is 2.00. The van der Waals surface area contributed by atoms with Crippen molar-refractivity contribution in [2.24, 2.45) is 5.92 Å². The topological polar surface area (TPSA) is 20.2 Å². The molecule has 1 atom stereocenters. The Morgan fingerprint density at radius 2 is 2.50 bits per heavy atom. The molecule has 1 heteroatoms. The summed E-state index contributed by atoms with van der Waals surface area (Å²) in [5.41, 5.74) is 1.45. The van der Waals surface area contributed by atoms with Crippen molar-refractivity contribution in [3.8, 4) is 0 Å². The molecule has 10 heavy (non-hydrogen) atoms. The van der Waals surface area contributed by atoms with E-state index in [2.05, 4.69) is 25.2 Å². The Kier molecular flexibility index (Phi) is 2.69. The average molecular weight is 138 g/mol. The van der Waals surface area contributed by atoms with Gasteiger partial charge in [-0.25, -0.2) is 0 Å². The summed E-state index contributed by atoms with van der Waals surface area (Å²) in [6.45, 7) is 2.47. The summed E-state index contributed by atoms with van der Waals surface area (Å²) < 4.78 is 0. The fraction of sp³-hybridized carbons (Fsp3) is 0.556. The highest BCUT2D eigenvalue weighted by atomic mass is 16.3. The number of aliphatic hydroxyl groups is 1. The van der Waals surface area contributed by atoms with Gasteiger partial charge in [0.25, 0.3) is 0 Å². The van der Waals surface area contributed by atoms with Crippen molar-refractivity contribution in [2.45, 2.75) is 19.8 Å². The Labute approximate surface area is 62.1 Å². The van der Waals surface area contributed by atoms with E-state index in [4.69, 9.17) is 5.11 Å². The summed E-state index contributed by atoms with van der Waals surface area (Å²) in [7, 11) is 0. The summed E-state index contributed by atoms with van der Waals surface area (Å²) in [6, 6.07) is 0. The summed E-state index contributed by atoms with van der Waals surface area (Å²) in [5.74, 6) is 0.556. The molecule has 1 aliphatic rings. The maximum absolute atomic E-state index is 8.65. The van der Waals surface area contributed by atoms with Gasteiger partial charge < -0.3 is 5.11 Å². The Morgan fingerprint density at radius 1 is 1.70 bits per heavy atom. The SMILES string of the molecule is CC(CCO)C1=CC=CC1. The van der Waals surface area contributed by atoms with E-state index < -0.39 is 0 Å². The van der Waals surface area contributed by atoms with Crippen molar-refractivity contribution >= 4 is 0 Å². The van der Waals surface area contributed by atoms with Gasteiger partial charge in [-0.2, -0.15) is 0 Å². The van der Waals surface area contributed by atoms with Crippen molar-refractivity contribution in [1.82, 2.24) is 0 Å². The van der Waals surface area contributed by atoms with Gasteiger partial charge in [0.15, 0.2) is 0 Å². The molecule has 56 valence electrons. The van der Waals surface area contributed by atoms with Crippen LogP contribution in [0.1, 0.15) is 19.8 Å². The quantitative estimate of drug-likeness (QED) is 0.631. The van der Waals surface area contributed by atoms with E-state index in [0.717, 1.165) is 12.8 Å². The lowest BCUT2D eigenvalue weighted by atomic mass is 9.97. The molecular weight excluding hydrogens is 124 g/mol. The highest BCUT2D eigenvalue weighted by Gasteiger charge is 2.07. The minimum atomic E-state index is 0.304. The standard InChI is InChI=1S/C9H14O/c1-8(6-7-10)9-4-2-3-5-9/h2-4,8,10H,5-7H2,1H3. The average Bonchev–Trinajstić information content (AvgIpc) is 2.38. The molecule has 0 fully saturated rings. The first-order valence-corrected chi connectivity index (χ1v) is 3.81. The molecule has 0 amide bonds. The number of hydrogen-bond donors (Lipinski definition) is 1. The minimum absolute atomic E-state index is 0.304. The van der Waals surface area contributed by atoms with E-state index >= 15 is 0 Å². The molecule has 0 aromatic rings. The summed E-state index contributed by atoms with van der Waals surface area (Å²) >= 11 is 0. The second-order valence-electron chi connectivity index (χ2n) is 2.79. The van der Waals surface area contributed by atoms with Gasteiger partial charge in [-0.05, 0) is 18.8 Å². The molecule has 0 aromatic carbocycles. The lowest BCUT2D eigenvalue weighted by Crippen LogP contribution is -1.99. The van der Waals surface area contributed by atoms with Gasteiger partial charge in [0.05, 0.1) is 0 Å². The predicted octanol–water partition coefficient (Wildman–Crippen LogP) is 1.89. The highest BCUT2D eigenvalue weighted by Crippen LogP contribution is 2.21. The molecular formula is C9H14O. The fourth-order valence-electron chi connectivity index (χ4n) is 1.21. The van der Waals surface area contributed by atoms with Crippen LogP contribution in [0.5, 0.6) is 0 Å². The Morgan fingerprint density at radius 3 is 3.00 bits per heavy atom. The third kappa shape index (κ3) is 1.71. The summed E-state index contributed by atoms with van der Waals surface area (Å²) in [5, 5.41) is 8.65. The van der Waals surface area contributed by atoms with E-state index in [-0.39, 0.29) is 0 Å². The van der Waals surface area contributed by atoms with Gasteiger partial charge >= 0.3 is 0 Å². The van der Waals surface area contributed by atoms with Crippen molar-refractivity contribution in [3.63, 3.8) is 0 Å². The van der Waals surface area contributed by atoms with Gasteiger partial charge in [0.2, 0.25) is 0 Å². The van der Waals surface area contributed by atoms with Crippen molar-refractivity contribution in [2.75, 3.05) is 6.61 Å². The Bertz CT molecular complexity index is 156. The molecule has 0 saturated heterocycles. The van der Waals surface area contributed by atoms with Crippen LogP contribution in [-0.2, 0) is 0 Å². The first-order valence-electron chi connectivity index (χ1n) is 3.81. The molecule has 1 unspecified atom stereocenters. The first-order chi connectivity index (χ1) is 4.84. The number of rotatable bonds is 3. The van der Waals surface area contributed by atoms with Crippen LogP contribution >= 0.6 is 0 Å². The molecule has 0 aromatic heterocycles. The van der Waals surface area contributed by atoms with Gasteiger partial charge in [0.1, 0.15) is 0 Å². The Balaban J connectivity index is 2.35. The minimum Gasteiger partial charge on any atom is -0.396 e. The van der Waals surface area contributed by atoms with Gasteiger partial charge in [-0.3, -0.25) is 0 Å². The van der Waals surface area contributed by atoms with Crippen LogP contribution < -0.4 is 0 Å². The number of hydrogen-bond acceptors (Lipinski definition) is 1. The molecule has 1 N–H and O–H groups in total. The van der Waals surface area contributed by atoms with Crippen LogP contribution in [0.3, 0.4) is 0 Å². The second-order valence-corrected chi connectivity index (χ2v) is 2.79. The monoisotopic (exact) mass is 138 g/mol. The lowest BCUT2D eigenvalue weighted by molar-refractivity contribution is 0.271. The van der Waals surface area contributed by atoms with Crippen LogP contribution in [0.15, 0.2) is 23.8 Å². The second kappa shape index (κ2) is 3.57. The molecule has 0 aliphatic heterocycles. The predicted molar refractivity (Wildman–Crippen MR) is 42.7 cm³/mol. The van der Waals surface area contributed by atoms with Crippen LogP contribution in [0.4, 0.5) is 0 Å². The van der Waals surface area contributed by atoms with E-state index in [1.54, 1.807) is 0 Å². The number of allylic oxidation sites excluding steroid dienone is 4. The zero-order valence-corrected chi connectivity index (χ0v) is 6.38. The van der Waals surface area contributed by atoms with Crippen LogP contribution in [0, 0.1) is 5.92 Å². The van der Waals surface area contributed by atoms with Gasteiger partial charge in [-0.15, -0.1) is 0 Å². The first kappa shape index (κ1) is 7.55. The fourth-order valence-corrected chi connectivity index (χ4v) is 1.21. The van der Waals surface area contributed by atoms with Crippen LogP contribution in [-0.4, -0.2) is 11.7 Å². The lowest BCUT2D eigenvalue weighted by Gasteiger charge is -2.09. The van der Waals surface area contributed by atoms with E-state index in [1.807, 2.05) is 0 Å². The molecule has 0 heterocycles. The molecule has 1 aliphatic carbocycles. The van der Waals surface area contributed by atoms with Gasteiger partial charge in [-0.1, -0.05) is 30.7 Å². The smallest absolute Gasteiger partial charge is 0.0436 e. The van der Waals surface area contributed by atoms with Crippen molar-refractivity contribution < 1.29 is 5.11 Å². The molecule has 1 rings (SSSR count). The Hall–Kier alpha value is -0.560. The van der Waals surface area contributed by atoms with E-state index in [9.17, 15) is 0 Å². The summed E-state index contributed by atoms with van der Waals surface area (Å²) in [4.78, 5) is 0. The zero-order chi connectivity index (χ0) is 7.40. The largest absolute Gasteiger partial charge is 0.396 e. The van der Waals surface area contributed by atoms with E-state index in [0.29, 0.717) is 12.5 Å². The highest BCUT2D eigenvalue weighted by molar-refractivity contribution is 5.24. The molecule has 0 spiro atoms. The summed E-state index contributed by atoms with van der Waals surface area (Å²) in [6.07, 6.45) is 8.38. The molecule has 0 radical (unpaired) electrons.